The van der Waals surface area contributed by atoms with E-state index in [-0.39, 0.29) is 17.9 Å². The fourth-order valence-electron chi connectivity index (χ4n) is 1.56. The molecule has 19 heavy (non-hydrogen) atoms. The van der Waals surface area contributed by atoms with Gasteiger partial charge < -0.3 is 14.4 Å². The minimum absolute atomic E-state index is 0.0219. The summed E-state index contributed by atoms with van der Waals surface area (Å²) in [5, 5.41) is 0. The van der Waals surface area contributed by atoms with E-state index in [0.717, 1.165) is 6.07 Å². The molecule has 0 amide bonds. The number of halogens is 3. The number of para-hydroxylation sites is 1. The average molecular weight is 277 g/mol. The monoisotopic (exact) mass is 277 g/mol. The fraction of sp³-hybridized carbons (Fsp3) is 0.417. The summed E-state index contributed by atoms with van der Waals surface area (Å²) in [6, 6.07) is 3.84. The number of alkyl halides is 3. The van der Waals surface area contributed by atoms with Crippen LogP contribution in [0.15, 0.2) is 18.2 Å². The number of benzene rings is 1. The van der Waals surface area contributed by atoms with Crippen LogP contribution < -0.4 is 9.64 Å². The molecule has 1 rings (SSSR count). The first kappa shape index (κ1) is 15.1. The molecular formula is C12H14F3NO3. The van der Waals surface area contributed by atoms with Crippen LogP contribution in [0.25, 0.3) is 0 Å². The zero-order chi connectivity index (χ0) is 14.6. The summed E-state index contributed by atoms with van der Waals surface area (Å²) in [7, 11) is 3.03. The summed E-state index contributed by atoms with van der Waals surface area (Å²) >= 11 is 0. The molecule has 0 heterocycles. The van der Waals surface area contributed by atoms with E-state index in [1.807, 2.05) is 0 Å². The Morgan fingerprint density at radius 3 is 2.42 bits per heavy atom. The van der Waals surface area contributed by atoms with Gasteiger partial charge in [-0.2, -0.15) is 0 Å². The Hall–Kier alpha value is -1.92. The van der Waals surface area contributed by atoms with Crippen LogP contribution in [0.3, 0.4) is 0 Å². The lowest BCUT2D eigenvalue weighted by molar-refractivity contribution is -0.274. The number of hydrogen-bond acceptors (Lipinski definition) is 4. The lowest BCUT2D eigenvalue weighted by Crippen LogP contribution is -2.22. The van der Waals surface area contributed by atoms with Crippen molar-refractivity contribution in [2.24, 2.45) is 0 Å². The molecule has 0 saturated heterocycles. The number of carbonyl (C=O) groups excluding carboxylic acids is 1. The molecule has 0 atom stereocenters. The molecule has 0 spiro atoms. The molecule has 4 nitrogen and oxygen atoms in total. The topological polar surface area (TPSA) is 38.8 Å². The van der Waals surface area contributed by atoms with E-state index in [4.69, 9.17) is 4.74 Å². The Balaban J connectivity index is 3.26. The normalized spacial score (nSPS) is 11.1. The van der Waals surface area contributed by atoms with Crippen molar-refractivity contribution in [3.8, 4) is 5.75 Å². The third-order valence-corrected chi connectivity index (χ3v) is 2.17. The molecular weight excluding hydrogens is 263 g/mol. The van der Waals surface area contributed by atoms with Crippen LogP contribution >= 0.6 is 0 Å². The maximum absolute atomic E-state index is 12.3. The maximum atomic E-state index is 12.3. The second kappa shape index (κ2) is 5.81. The highest BCUT2D eigenvalue weighted by molar-refractivity contribution is 5.97. The molecule has 0 N–H and O–H groups in total. The minimum Gasteiger partial charge on any atom is -0.462 e. The van der Waals surface area contributed by atoms with E-state index >= 15 is 0 Å². The van der Waals surface area contributed by atoms with Crippen molar-refractivity contribution in [2.75, 3.05) is 25.6 Å². The van der Waals surface area contributed by atoms with Gasteiger partial charge in [0, 0.05) is 14.1 Å². The summed E-state index contributed by atoms with van der Waals surface area (Å²) in [4.78, 5) is 13.1. The number of nitrogens with zero attached hydrogens (tertiary/aromatic N) is 1. The van der Waals surface area contributed by atoms with Crippen molar-refractivity contribution in [3.05, 3.63) is 23.8 Å². The maximum Gasteiger partial charge on any atom is 0.573 e. The Bertz CT molecular complexity index is 458. The molecule has 0 aliphatic carbocycles. The summed E-state index contributed by atoms with van der Waals surface area (Å²) in [5.74, 6) is -1.14. The Morgan fingerprint density at radius 2 is 1.95 bits per heavy atom. The van der Waals surface area contributed by atoms with Crippen LogP contribution in [-0.4, -0.2) is 33.0 Å². The van der Waals surface area contributed by atoms with Crippen molar-refractivity contribution in [2.45, 2.75) is 13.3 Å². The fourth-order valence-corrected chi connectivity index (χ4v) is 1.56. The molecule has 0 saturated carbocycles. The van der Waals surface area contributed by atoms with E-state index in [9.17, 15) is 18.0 Å². The third kappa shape index (κ3) is 4.04. The Kier molecular flexibility index (Phi) is 4.63. The first-order valence-corrected chi connectivity index (χ1v) is 5.49. The second-order valence-electron chi connectivity index (χ2n) is 3.82. The van der Waals surface area contributed by atoms with Gasteiger partial charge in [0.1, 0.15) is 0 Å². The van der Waals surface area contributed by atoms with Gasteiger partial charge in [0.25, 0.3) is 0 Å². The Morgan fingerprint density at radius 1 is 1.32 bits per heavy atom. The average Bonchev–Trinajstić information content (AvgIpc) is 2.26. The van der Waals surface area contributed by atoms with Crippen molar-refractivity contribution < 1.29 is 27.4 Å². The molecule has 0 fully saturated rings. The van der Waals surface area contributed by atoms with Gasteiger partial charge in [0.05, 0.1) is 17.9 Å². The summed E-state index contributed by atoms with van der Waals surface area (Å²) in [6.07, 6.45) is -4.82. The number of hydrogen-bond donors (Lipinski definition) is 0. The molecule has 7 heteroatoms. The predicted molar refractivity (Wildman–Crippen MR) is 63.4 cm³/mol. The van der Waals surface area contributed by atoms with Crippen LogP contribution in [0.4, 0.5) is 18.9 Å². The van der Waals surface area contributed by atoms with Crippen LogP contribution in [-0.2, 0) is 4.74 Å². The van der Waals surface area contributed by atoms with E-state index in [0.29, 0.717) is 0 Å². The molecule has 0 radical (unpaired) electrons. The highest BCUT2D eigenvalue weighted by Crippen LogP contribution is 2.35. The van der Waals surface area contributed by atoms with Gasteiger partial charge >= 0.3 is 12.3 Å². The molecule has 0 unspecified atom stereocenters. The van der Waals surface area contributed by atoms with Gasteiger partial charge in [-0.3, -0.25) is 0 Å². The standard InChI is InChI=1S/C12H14F3NO3/c1-4-18-11(17)8-6-5-7-9(10(8)16(2)3)19-12(13,14)15/h5-7H,4H2,1-3H3. The lowest BCUT2D eigenvalue weighted by Gasteiger charge is -2.21. The van der Waals surface area contributed by atoms with Crippen LogP contribution in [0.2, 0.25) is 0 Å². The van der Waals surface area contributed by atoms with Gasteiger partial charge in [-0.15, -0.1) is 13.2 Å². The van der Waals surface area contributed by atoms with E-state index in [2.05, 4.69) is 4.74 Å². The van der Waals surface area contributed by atoms with Crippen molar-refractivity contribution in [3.63, 3.8) is 0 Å². The van der Waals surface area contributed by atoms with Crippen molar-refractivity contribution >= 4 is 11.7 Å². The quantitative estimate of drug-likeness (QED) is 0.793. The number of ether oxygens (including phenoxy) is 2. The molecule has 1 aromatic rings. The lowest BCUT2D eigenvalue weighted by atomic mass is 10.1. The number of esters is 1. The van der Waals surface area contributed by atoms with Crippen molar-refractivity contribution in [1.29, 1.82) is 0 Å². The van der Waals surface area contributed by atoms with Gasteiger partial charge in [0.2, 0.25) is 0 Å². The summed E-state index contributed by atoms with van der Waals surface area (Å²) in [5.41, 5.74) is 0.0480. The predicted octanol–water partition coefficient (Wildman–Crippen LogP) is 2.83. The summed E-state index contributed by atoms with van der Waals surface area (Å²) in [6.45, 7) is 1.75. The molecule has 0 bridgehead atoms. The van der Waals surface area contributed by atoms with E-state index in [1.165, 1.54) is 31.1 Å². The number of carbonyl (C=O) groups is 1. The van der Waals surface area contributed by atoms with Gasteiger partial charge in [-0.05, 0) is 19.1 Å². The second-order valence-corrected chi connectivity index (χ2v) is 3.82. The minimum atomic E-state index is -4.82. The van der Waals surface area contributed by atoms with E-state index in [1.54, 1.807) is 6.92 Å². The largest absolute Gasteiger partial charge is 0.573 e. The zero-order valence-electron chi connectivity index (χ0n) is 10.7. The van der Waals surface area contributed by atoms with Crippen LogP contribution in [0.5, 0.6) is 5.75 Å². The van der Waals surface area contributed by atoms with Crippen molar-refractivity contribution in [1.82, 2.24) is 0 Å². The van der Waals surface area contributed by atoms with Gasteiger partial charge in [-0.25, -0.2) is 4.79 Å². The van der Waals surface area contributed by atoms with Crippen LogP contribution in [0.1, 0.15) is 17.3 Å². The molecule has 0 aromatic heterocycles. The zero-order valence-corrected chi connectivity index (χ0v) is 10.7. The highest BCUT2D eigenvalue weighted by atomic mass is 19.4. The first-order valence-electron chi connectivity index (χ1n) is 5.49. The van der Waals surface area contributed by atoms with E-state index < -0.39 is 18.1 Å². The molecule has 1 aromatic carbocycles. The van der Waals surface area contributed by atoms with Gasteiger partial charge in [0.15, 0.2) is 5.75 Å². The summed E-state index contributed by atoms with van der Waals surface area (Å²) < 4.78 is 45.6. The SMILES string of the molecule is CCOC(=O)c1cccc(OC(F)(F)F)c1N(C)C. The van der Waals surface area contributed by atoms with Gasteiger partial charge in [-0.1, -0.05) is 6.07 Å². The molecule has 106 valence electrons. The molecule has 0 aliphatic heterocycles. The number of anilines is 1. The third-order valence-electron chi connectivity index (χ3n) is 2.17. The Labute approximate surface area is 108 Å². The molecule has 0 aliphatic rings. The first-order chi connectivity index (χ1) is 8.76. The smallest absolute Gasteiger partial charge is 0.462 e. The highest BCUT2D eigenvalue weighted by Gasteiger charge is 2.33. The van der Waals surface area contributed by atoms with Crippen LogP contribution in [0, 0.1) is 0 Å². The number of rotatable bonds is 4.